The van der Waals surface area contributed by atoms with Gasteiger partial charge >= 0.3 is 11.9 Å². The molecule has 0 atom stereocenters. The quantitative estimate of drug-likeness (QED) is 0.527. The van der Waals surface area contributed by atoms with Gasteiger partial charge in [-0.05, 0) is 13.8 Å². The summed E-state index contributed by atoms with van der Waals surface area (Å²) >= 11 is 0. The third-order valence-corrected chi connectivity index (χ3v) is 2.19. The molecule has 0 aliphatic carbocycles. The summed E-state index contributed by atoms with van der Waals surface area (Å²) < 4.78 is 0. The van der Waals surface area contributed by atoms with Crippen molar-refractivity contribution in [3.05, 3.63) is 24.3 Å². The molecule has 0 aromatic carbocycles. The van der Waals surface area contributed by atoms with Crippen LogP contribution in [0.3, 0.4) is 0 Å². The molecule has 4 nitrogen and oxygen atoms in total. The van der Waals surface area contributed by atoms with Gasteiger partial charge in [-0.2, -0.15) is 0 Å². The predicted molar refractivity (Wildman–Crippen MR) is 83.9 cm³/mol. The van der Waals surface area contributed by atoms with E-state index in [9.17, 15) is 9.59 Å². The molecule has 2 N–H and O–H groups in total. The van der Waals surface area contributed by atoms with Gasteiger partial charge in [-0.1, -0.05) is 65.5 Å². The van der Waals surface area contributed by atoms with Gasteiger partial charge in [0.2, 0.25) is 0 Å². The highest BCUT2D eigenvalue weighted by molar-refractivity contribution is 5.85. The molecule has 0 saturated carbocycles. The van der Waals surface area contributed by atoms with Gasteiger partial charge in [0.15, 0.2) is 0 Å². The van der Waals surface area contributed by atoms with Gasteiger partial charge in [0, 0.05) is 11.1 Å². The number of carbonyl (C=O) groups is 2. The van der Waals surface area contributed by atoms with Crippen molar-refractivity contribution in [2.24, 2.45) is 0 Å². The first-order valence-electron chi connectivity index (χ1n) is 6.98. The van der Waals surface area contributed by atoms with E-state index in [2.05, 4.69) is 27.0 Å². The Morgan fingerprint density at radius 1 is 0.750 bits per heavy atom. The van der Waals surface area contributed by atoms with E-state index in [0.717, 1.165) is 0 Å². The number of aliphatic carboxylic acids is 2. The zero-order chi connectivity index (χ0) is 16.6. The molecule has 4 heteroatoms. The lowest BCUT2D eigenvalue weighted by Crippen LogP contribution is -1.92. The molecule has 0 bridgehead atoms. The smallest absolute Gasteiger partial charge is 0.330 e. The normalized spacial score (nSPS) is 8.40. The summed E-state index contributed by atoms with van der Waals surface area (Å²) in [5.74, 6) is -1.87. The Labute approximate surface area is 123 Å². The van der Waals surface area contributed by atoms with Crippen LogP contribution in [0.5, 0.6) is 0 Å². The number of carboxylic acids is 2. The first-order chi connectivity index (χ1) is 9.20. The molecule has 0 aromatic rings. The van der Waals surface area contributed by atoms with Gasteiger partial charge in [-0.25, -0.2) is 9.59 Å². The lowest BCUT2D eigenvalue weighted by atomic mass is 10.1. The second kappa shape index (κ2) is 17.4. The molecule has 0 fully saturated rings. The summed E-state index contributed by atoms with van der Waals surface area (Å²) in [6.45, 7) is 13.7. The maximum absolute atomic E-state index is 9.60. The van der Waals surface area contributed by atoms with Crippen LogP contribution in [0.15, 0.2) is 24.3 Å². The van der Waals surface area contributed by atoms with Crippen LogP contribution in [0.4, 0.5) is 0 Å². The van der Waals surface area contributed by atoms with E-state index in [0.29, 0.717) is 0 Å². The van der Waals surface area contributed by atoms with Crippen molar-refractivity contribution in [2.45, 2.75) is 66.2 Å². The monoisotopic (exact) mass is 286 g/mol. The molecule has 0 aliphatic heterocycles. The predicted octanol–water partition coefficient (Wildman–Crippen LogP) is 4.66. The van der Waals surface area contributed by atoms with Crippen LogP contribution in [0.2, 0.25) is 0 Å². The Hall–Kier alpha value is -1.58. The third kappa shape index (κ3) is 29.9. The van der Waals surface area contributed by atoms with Crippen LogP contribution in [0, 0.1) is 0 Å². The van der Waals surface area contributed by atoms with E-state index in [1.807, 2.05) is 0 Å². The van der Waals surface area contributed by atoms with Crippen molar-refractivity contribution in [2.75, 3.05) is 0 Å². The van der Waals surface area contributed by atoms with Crippen molar-refractivity contribution < 1.29 is 19.8 Å². The number of unbranched alkanes of at least 4 members (excludes halogenated alkanes) is 5. The average Bonchev–Trinajstić information content (AvgIpc) is 2.36. The Morgan fingerprint density at radius 2 is 0.950 bits per heavy atom. The van der Waals surface area contributed by atoms with Crippen LogP contribution < -0.4 is 0 Å². The maximum atomic E-state index is 9.60. The Bertz CT molecular complexity index is 239. The highest BCUT2D eigenvalue weighted by Crippen LogP contribution is 2.03. The second-order valence-corrected chi connectivity index (χ2v) is 4.59. The Balaban J connectivity index is -0.000000221. The first kappa shape index (κ1) is 23.5. The van der Waals surface area contributed by atoms with Crippen molar-refractivity contribution in [1.82, 2.24) is 0 Å². The average molecular weight is 286 g/mol. The summed E-state index contributed by atoms with van der Waals surface area (Å²) in [5, 5.41) is 15.8. The molecule has 0 spiro atoms. The molecule has 0 saturated heterocycles. The molecular formula is C16H30O4. The van der Waals surface area contributed by atoms with Crippen LogP contribution in [-0.4, -0.2) is 22.2 Å². The first-order valence-corrected chi connectivity index (χ1v) is 6.98. The minimum Gasteiger partial charge on any atom is -0.478 e. The zero-order valence-corrected chi connectivity index (χ0v) is 13.4. The summed E-state index contributed by atoms with van der Waals surface area (Å²) in [4.78, 5) is 19.2. The molecule has 20 heavy (non-hydrogen) atoms. The molecule has 0 rings (SSSR count). The standard InChI is InChI=1S/C8H18.2C4H6O2/c1-3-5-7-8-6-4-2;2*1-3(2)4(5)6/h3-8H2,1-2H3;2*1H2,2H3,(H,5,6). The molecule has 0 aliphatic rings. The van der Waals surface area contributed by atoms with Crippen LogP contribution in [0.25, 0.3) is 0 Å². The van der Waals surface area contributed by atoms with E-state index in [4.69, 9.17) is 10.2 Å². The fourth-order valence-corrected chi connectivity index (χ4v) is 0.854. The van der Waals surface area contributed by atoms with Crippen LogP contribution in [0.1, 0.15) is 66.2 Å². The minimum atomic E-state index is -0.935. The molecule has 118 valence electrons. The largest absolute Gasteiger partial charge is 0.478 e. The number of carboxylic acid groups (broad SMARTS) is 2. The third-order valence-electron chi connectivity index (χ3n) is 2.19. The summed E-state index contributed by atoms with van der Waals surface area (Å²) in [6, 6.07) is 0. The summed E-state index contributed by atoms with van der Waals surface area (Å²) in [6.07, 6.45) is 8.49. The van der Waals surface area contributed by atoms with E-state index in [1.54, 1.807) is 0 Å². The lowest BCUT2D eigenvalue weighted by molar-refractivity contribution is -0.133. The number of hydrogen-bond acceptors (Lipinski definition) is 2. The van der Waals surface area contributed by atoms with Gasteiger partial charge in [0.25, 0.3) is 0 Å². The van der Waals surface area contributed by atoms with Crippen molar-refractivity contribution >= 4 is 11.9 Å². The van der Waals surface area contributed by atoms with Gasteiger partial charge in [0.05, 0.1) is 0 Å². The van der Waals surface area contributed by atoms with Gasteiger partial charge in [-0.15, -0.1) is 0 Å². The van der Waals surface area contributed by atoms with Crippen molar-refractivity contribution in [1.29, 1.82) is 0 Å². The molecule has 0 amide bonds. The van der Waals surface area contributed by atoms with Gasteiger partial charge < -0.3 is 10.2 Å². The minimum absolute atomic E-state index is 0.176. The van der Waals surface area contributed by atoms with E-state index < -0.39 is 11.9 Å². The highest BCUT2D eigenvalue weighted by atomic mass is 16.4. The Morgan fingerprint density at radius 3 is 1.05 bits per heavy atom. The summed E-state index contributed by atoms with van der Waals surface area (Å²) in [5.41, 5.74) is 0.352. The van der Waals surface area contributed by atoms with Crippen LogP contribution in [-0.2, 0) is 9.59 Å². The van der Waals surface area contributed by atoms with Crippen molar-refractivity contribution in [3.8, 4) is 0 Å². The second-order valence-electron chi connectivity index (χ2n) is 4.59. The zero-order valence-electron chi connectivity index (χ0n) is 13.4. The number of hydrogen-bond donors (Lipinski definition) is 2. The van der Waals surface area contributed by atoms with Gasteiger partial charge in [0.1, 0.15) is 0 Å². The van der Waals surface area contributed by atoms with Crippen LogP contribution >= 0.6 is 0 Å². The molecular weight excluding hydrogens is 256 g/mol. The van der Waals surface area contributed by atoms with E-state index in [1.165, 1.54) is 52.4 Å². The molecule has 0 radical (unpaired) electrons. The summed E-state index contributed by atoms with van der Waals surface area (Å²) in [7, 11) is 0. The fraction of sp³-hybridized carbons (Fsp3) is 0.625. The lowest BCUT2D eigenvalue weighted by Gasteiger charge is -1.93. The Kier molecular flexibility index (Phi) is 20.5. The van der Waals surface area contributed by atoms with Gasteiger partial charge in [-0.3, -0.25) is 0 Å². The molecule has 0 aromatic heterocycles. The van der Waals surface area contributed by atoms with E-state index in [-0.39, 0.29) is 11.1 Å². The highest BCUT2D eigenvalue weighted by Gasteiger charge is 1.90. The fourth-order valence-electron chi connectivity index (χ4n) is 0.854. The maximum Gasteiger partial charge on any atom is 0.330 e. The van der Waals surface area contributed by atoms with E-state index >= 15 is 0 Å². The SMILES string of the molecule is C=C(C)C(=O)O.C=C(C)C(=O)O.CCCCCCCC. The van der Waals surface area contributed by atoms with Crippen molar-refractivity contribution in [3.63, 3.8) is 0 Å². The number of rotatable bonds is 7. The topological polar surface area (TPSA) is 74.6 Å². The molecule has 0 unspecified atom stereocenters. The molecule has 0 heterocycles.